The monoisotopic (exact) mass is 464 g/mol. The highest BCUT2D eigenvalue weighted by molar-refractivity contribution is 5.82. The molecule has 0 spiro atoms. The summed E-state index contributed by atoms with van der Waals surface area (Å²) >= 11 is 0. The molecule has 1 aromatic carbocycles. The second-order valence-electron chi connectivity index (χ2n) is 10.2. The zero-order valence-corrected chi connectivity index (χ0v) is 21.1. The zero-order chi connectivity index (χ0) is 24.0. The van der Waals surface area contributed by atoms with E-state index in [2.05, 4.69) is 39.9 Å². The van der Waals surface area contributed by atoms with E-state index in [1.807, 2.05) is 42.4 Å². The van der Waals surface area contributed by atoms with Crippen LogP contribution in [0.3, 0.4) is 0 Å². The summed E-state index contributed by atoms with van der Waals surface area (Å²) < 4.78 is 5.57. The van der Waals surface area contributed by atoms with Crippen LogP contribution in [0.4, 0.5) is 5.69 Å². The van der Waals surface area contributed by atoms with Gasteiger partial charge in [-0.25, -0.2) is 0 Å². The summed E-state index contributed by atoms with van der Waals surface area (Å²) in [6.45, 7) is 6.88. The minimum atomic E-state index is -0.224. The lowest BCUT2D eigenvalue weighted by Gasteiger charge is -2.42. The summed E-state index contributed by atoms with van der Waals surface area (Å²) in [7, 11) is 3.75. The van der Waals surface area contributed by atoms with Gasteiger partial charge >= 0.3 is 0 Å². The Kier molecular flexibility index (Phi) is 8.09. The highest BCUT2D eigenvalue weighted by atomic mass is 16.5. The van der Waals surface area contributed by atoms with Gasteiger partial charge in [0.25, 0.3) is 0 Å². The molecule has 1 saturated heterocycles. The van der Waals surface area contributed by atoms with E-state index in [1.54, 1.807) is 7.11 Å². The number of hydrogen-bond donors (Lipinski definition) is 0. The number of para-hydroxylation sites is 2. The summed E-state index contributed by atoms with van der Waals surface area (Å²) in [5.41, 5.74) is 1.98. The van der Waals surface area contributed by atoms with Gasteiger partial charge in [0.1, 0.15) is 5.75 Å². The Labute approximate surface area is 204 Å². The number of rotatable bonds is 8. The Morgan fingerprint density at radius 1 is 1.06 bits per heavy atom. The molecule has 0 radical (unpaired) electrons. The molecule has 2 fully saturated rings. The lowest BCUT2D eigenvalue weighted by atomic mass is 9.74. The number of benzene rings is 1. The molecule has 1 saturated carbocycles. The van der Waals surface area contributed by atoms with Gasteiger partial charge in [-0.2, -0.15) is 0 Å². The van der Waals surface area contributed by atoms with E-state index in [-0.39, 0.29) is 11.5 Å². The fourth-order valence-corrected chi connectivity index (χ4v) is 5.58. The van der Waals surface area contributed by atoms with Crippen molar-refractivity contribution in [2.24, 2.45) is 5.41 Å². The van der Waals surface area contributed by atoms with Gasteiger partial charge in [-0.3, -0.25) is 14.7 Å². The number of methoxy groups -OCH3 is 1. The Bertz CT molecular complexity index is 921. The van der Waals surface area contributed by atoms with Gasteiger partial charge in [-0.1, -0.05) is 44.4 Å². The molecule has 6 heteroatoms. The third kappa shape index (κ3) is 5.72. The maximum absolute atomic E-state index is 13.7. The fourth-order valence-electron chi connectivity index (χ4n) is 5.58. The minimum Gasteiger partial charge on any atom is -0.495 e. The summed E-state index contributed by atoms with van der Waals surface area (Å²) in [4.78, 5) is 25.2. The van der Waals surface area contributed by atoms with Crippen molar-refractivity contribution >= 4 is 11.6 Å². The number of carbonyl (C=O) groups is 1. The molecule has 1 amide bonds. The molecule has 2 aromatic rings. The molecular formula is C28H40N4O2. The average Bonchev–Trinajstić information content (AvgIpc) is 2.89. The zero-order valence-electron chi connectivity index (χ0n) is 21.1. The van der Waals surface area contributed by atoms with Gasteiger partial charge in [-0.15, -0.1) is 0 Å². The summed E-state index contributed by atoms with van der Waals surface area (Å²) in [6.07, 6.45) is 8.21. The van der Waals surface area contributed by atoms with Crippen molar-refractivity contribution in [3.8, 4) is 5.75 Å². The van der Waals surface area contributed by atoms with Crippen LogP contribution < -0.4 is 9.64 Å². The maximum atomic E-state index is 13.7. The predicted octanol–water partition coefficient (Wildman–Crippen LogP) is 4.25. The van der Waals surface area contributed by atoms with Crippen LogP contribution in [0.2, 0.25) is 0 Å². The third-order valence-electron chi connectivity index (χ3n) is 7.78. The topological polar surface area (TPSA) is 48.9 Å². The normalized spacial score (nSPS) is 19.4. The van der Waals surface area contributed by atoms with E-state index in [0.29, 0.717) is 5.91 Å². The van der Waals surface area contributed by atoms with E-state index in [4.69, 9.17) is 4.74 Å². The molecule has 0 N–H and O–H groups in total. The Hall–Kier alpha value is -2.60. The third-order valence-corrected chi connectivity index (χ3v) is 7.78. The highest BCUT2D eigenvalue weighted by Gasteiger charge is 2.39. The second-order valence-corrected chi connectivity index (χ2v) is 10.2. The van der Waals surface area contributed by atoms with Crippen molar-refractivity contribution < 1.29 is 9.53 Å². The van der Waals surface area contributed by atoms with Crippen LogP contribution in [-0.2, 0) is 11.2 Å². The molecule has 1 aliphatic heterocycles. The Morgan fingerprint density at radius 2 is 1.76 bits per heavy atom. The van der Waals surface area contributed by atoms with Crippen molar-refractivity contribution in [1.29, 1.82) is 0 Å². The van der Waals surface area contributed by atoms with E-state index >= 15 is 0 Å². The molecule has 0 unspecified atom stereocenters. The van der Waals surface area contributed by atoms with Crippen LogP contribution in [0.25, 0.3) is 0 Å². The highest BCUT2D eigenvalue weighted by Crippen LogP contribution is 2.38. The number of aromatic nitrogens is 1. The standard InChI is InChI=1S/C28H40N4O2/c1-28(14-8-4-9-15-28)27(33)30(2)24(21-23-11-7-10-16-29-23)22-31-17-19-32(20-18-31)25-12-5-6-13-26(25)34-3/h5-7,10-13,16,24H,4,8-9,14-15,17-22H2,1-3H3/t24-/m1/s1. The van der Waals surface area contributed by atoms with Crippen LogP contribution in [0, 0.1) is 5.41 Å². The maximum Gasteiger partial charge on any atom is 0.228 e. The molecule has 0 bridgehead atoms. The number of carbonyl (C=O) groups excluding carboxylic acids is 1. The van der Waals surface area contributed by atoms with Gasteiger partial charge in [0, 0.05) is 69.5 Å². The number of pyridine rings is 1. The van der Waals surface area contributed by atoms with Crippen LogP contribution in [-0.4, -0.2) is 73.6 Å². The number of amides is 1. The molecule has 4 rings (SSSR count). The van der Waals surface area contributed by atoms with Crippen molar-refractivity contribution in [3.63, 3.8) is 0 Å². The SMILES string of the molecule is COc1ccccc1N1CCN(C[C@@H](Cc2ccccn2)N(C)C(=O)C2(C)CCCCC2)CC1. The Balaban J connectivity index is 1.44. The van der Waals surface area contributed by atoms with Gasteiger partial charge in [-0.05, 0) is 37.1 Å². The van der Waals surface area contributed by atoms with E-state index in [9.17, 15) is 4.79 Å². The number of anilines is 1. The first-order valence-electron chi connectivity index (χ1n) is 12.8. The first kappa shape index (κ1) is 24.5. The van der Waals surface area contributed by atoms with Crippen molar-refractivity contribution in [2.45, 2.75) is 51.5 Å². The quantitative estimate of drug-likeness (QED) is 0.585. The van der Waals surface area contributed by atoms with Gasteiger partial charge in [0.05, 0.1) is 12.8 Å². The summed E-state index contributed by atoms with van der Waals surface area (Å²) in [5.74, 6) is 1.23. The average molecular weight is 465 g/mol. The van der Waals surface area contributed by atoms with Crippen molar-refractivity contribution in [2.75, 3.05) is 51.8 Å². The molecule has 2 aliphatic rings. The molecule has 1 aliphatic carbocycles. The molecule has 2 heterocycles. The predicted molar refractivity (Wildman–Crippen MR) is 137 cm³/mol. The largest absolute Gasteiger partial charge is 0.495 e. The molecule has 6 nitrogen and oxygen atoms in total. The minimum absolute atomic E-state index is 0.110. The smallest absolute Gasteiger partial charge is 0.228 e. The van der Waals surface area contributed by atoms with E-state index in [0.717, 1.165) is 82.0 Å². The second kappa shape index (κ2) is 11.2. The number of hydrogen-bond acceptors (Lipinski definition) is 5. The lowest BCUT2D eigenvalue weighted by molar-refractivity contribution is -0.144. The van der Waals surface area contributed by atoms with Crippen LogP contribution in [0.15, 0.2) is 48.7 Å². The van der Waals surface area contributed by atoms with Crippen molar-refractivity contribution in [3.05, 3.63) is 54.4 Å². The van der Waals surface area contributed by atoms with Gasteiger partial charge in [0.2, 0.25) is 5.91 Å². The van der Waals surface area contributed by atoms with Crippen LogP contribution >= 0.6 is 0 Å². The summed E-state index contributed by atoms with van der Waals surface area (Å²) in [6, 6.07) is 14.4. The lowest BCUT2D eigenvalue weighted by Crippen LogP contribution is -2.54. The van der Waals surface area contributed by atoms with E-state index in [1.165, 1.54) is 6.42 Å². The molecular weight excluding hydrogens is 424 g/mol. The van der Waals surface area contributed by atoms with Crippen molar-refractivity contribution in [1.82, 2.24) is 14.8 Å². The van der Waals surface area contributed by atoms with E-state index < -0.39 is 0 Å². The molecule has 34 heavy (non-hydrogen) atoms. The first-order valence-corrected chi connectivity index (χ1v) is 12.8. The number of likely N-dealkylation sites (N-methyl/N-ethyl adjacent to an activating group) is 1. The van der Waals surface area contributed by atoms with Gasteiger partial charge in [0.15, 0.2) is 0 Å². The fraction of sp³-hybridized carbons (Fsp3) is 0.571. The number of ether oxygens (including phenoxy) is 1. The number of nitrogens with zero attached hydrogens (tertiary/aromatic N) is 4. The van der Waals surface area contributed by atoms with Crippen LogP contribution in [0.1, 0.15) is 44.7 Å². The molecule has 184 valence electrons. The molecule has 1 atom stereocenters. The van der Waals surface area contributed by atoms with Crippen LogP contribution in [0.5, 0.6) is 5.75 Å². The molecule has 1 aromatic heterocycles. The number of piperazine rings is 1. The first-order chi connectivity index (χ1) is 16.5. The van der Waals surface area contributed by atoms with Gasteiger partial charge < -0.3 is 14.5 Å². The Morgan fingerprint density at radius 3 is 2.44 bits per heavy atom. The summed E-state index contributed by atoms with van der Waals surface area (Å²) in [5, 5.41) is 0.